The molecule has 0 saturated heterocycles. The highest BCUT2D eigenvalue weighted by Gasteiger charge is 2.06. The van der Waals surface area contributed by atoms with Crippen molar-refractivity contribution < 1.29 is 9.53 Å². The van der Waals surface area contributed by atoms with Gasteiger partial charge < -0.3 is 10.5 Å². The van der Waals surface area contributed by atoms with Crippen LogP contribution in [0, 0.1) is 6.92 Å². The van der Waals surface area contributed by atoms with Gasteiger partial charge in [0.05, 0.1) is 12.1 Å². The van der Waals surface area contributed by atoms with E-state index in [1.54, 1.807) is 12.1 Å². The normalized spacial score (nSPS) is 10.2. The molecule has 0 atom stereocenters. The molecular weight excluding hydrogens is 240 g/mol. The lowest BCUT2D eigenvalue weighted by atomic mass is 10.1. The minimum atomic E-state index is -0.283. The molecule has 0 amide bonds. The third kappa shape index (κ3) is 4.10. The van der Waals surface area contributed by atoms with Crippen LogP contribution in [0.5, 0.6) is 0 Å². The lowest BCUT2D eigenvalue weighted by Crippen LogP contribution is -2.09. The third-order valence-corrected chi connectivity index (χ3v) is 2.63. The summed E-state index contributed by atoms with van der Waals surface area (Å²) in [5, 5.41) is 0. The maximum Gasteiger partial charge on any atom is 0.310 e. The average Bonchev–Trinajstić information content (AvgIpc) is 2.36. The lowest BCUT2D eigenvalue weighted by Gasteiger charge is -2.05. The van der Waals surface area contributed by atoms with Gasteiger partial charge in [0.1, 0.15) is 6.61 Å². The predicted octanol–water partition coefficient (Wildman–Crippen LogP) is 2.26. The second kappa shape index (κ2) is 6.00. The zero-order valence-electron chi connectivity index (χ0n) is 10.8. The van der Waals surface area contributed by atoms with Crippen molar-refractivity contribution >= 4 is 11.7 Å². The van der Waals surface area contributed by atoms with Crippen molar-refractivity contribution in [3.05, 3.63) is 59.4 Å². The fraction of sp³-hybridized carbons (Fsp3) is 0.200. The number of carbonyl (C=O) groups excluding carboxylic acids is 1. The molecule has 0 spiro atoms. The standard InChI is InChI=1S/C15H16N2O2/c1-11-4-2-7-14(17-11)10-19-15(18)9-12-5-3-6-13(16)8-12/h2-8H,9-10,16H2,1H3. The number of nitrogens with zero attached hydrogens (tertiary/aromatic N) is 1. The molecule has 0 saturated carbocycles. The van der Waals surface area contributed by atoms with Crippen LogP contribution in [0.15, 0.2) is 42.5 Å². The van der Waals surface area contributed by atoms with E-state index >= 15 is 0 Å². The molecule has 2 rings (SSSR count). The van der Waals surface area contributed by atoms with Crippen LogP contribution in [-0.4, -0.2) is 11.0 Å². The Morgan fingerprint density at radius 2 is 2.05 bits per heavy atom. The summed E-state index contributed by atoms with van der Waals surface area (Å²) >= 11 is 0. The number of anilines is 1. The first kappa shape index (κ1) is 13.1. The largest absolute Gasteiger partial charge is 0.459 e. The number of benzene rings is 1. The molecule has 0 radical (unpaired) electrons. The van der Waals surface area contributed by atoms with Crippen LogP contribution in [0.2, 0.25) is 0 Å². The number of rotatable bonds is 4. The maximum absolute atomic E-state index is 11.7. The number of esters is 1. The molecule has 2 aromatic rings. The first-order valence-corrected chi connectivity index (χ1v) is 6.06. The van der Waals surface area contributed by atoms with Gasteiger partial charge in [-0.2, -0.15) is 0 Å². The van der Waals surface area contributed by atoms with E-state index in [1.165, 1.54) is 0 Å². The molecule has 0 aliphatic carbocycles. The zero-order valence-corrected chi connectivity index (χ0v) is 10.8. The van der Waals surface area contributed by atoms with Gasteiger partial charge in [-0.3, -0.25) is 9.78 Å². The second-order valence-corrected chi connectivity index (χ2v) is 4.35. The number of hydrogen-bond donors (Lipinski definition) is 1. The lowest BCUT2D eigenvalue weighted by molar-refractivity contribution is -0.144. The molecule has 4 heteroatoms. The van der Waals surface area contributed by atoms with Gasteiger partial charge in [-0.25, -0.2) is 0 Å². The van der Waals surface area contributed by atoms with E-state index in [-0.39, 0.29) is 19.0 Å². The molecule has 0 aliphatic heterocycles. The Morgan fingerprint density at radius 1 is 1.26 bits per heavy atom. The molecule has 4 nitrogen and oxygen atoms in total. The highest BCUT2D eigenvalue weighted by Crippen LogP contribution is 2.08. The summed E-state index contributed by atoms with van der Waals surface area (Å²) in [6.45, 7) is 2.10. The smallest absolute Gasteiger partial charge is 0.310 e. The Labute approximate surface area is 112 Å². The van der Waals surface area contributed by atoms with Crippen LogP contribution in [0.1, 0.15) is 17.0 Å². The summed E-state index contributed by atoms with van der Waals surface area (Å²) in [7, 11) is 0. The molecule has 0 aliphatic rings. The van der Waals surface area contributed by atoms with E-state index in [0.717, 1.165) is 17.0 Å². The Morgan fingerprint density at radius 3 is 2.79 bits per heavy atom. The Hall–Kier alpha value is -2.36. The molecule has 2 N–H and O–H groups in total. The maximum atomic E-state index is 11.7. The van der Waals surface area contributed by atoms with Crippen molar-refractivity contribution in [1.29, 1.82) is 0 Å². The summed E-state index contributed by atoms with van der Waals surface area (Å²) in [5.74, 6) is -0.283. The molecule has 1 heterocycles. The fourth-order valence-electron chi connectivity index (χ4n) is 1.76. The number of aromatic nitrogens is 1. The van der Waals surface area contributed by atoms with E-state index in [0.29, 0.717) is 5.69 Å². The van der Waals surface area contributed by atoms with Crippen molar-refractivity contribution in [3.63, 3.8) is 0 Å². The van der Waals surface area contributed by atoms with Gasteiger partial charge in [0.15, 0.2) is 0 Å². The summed E-state index contributed by atoms with van der Waals surface area (Å²) < 4.78 is 5.18. The van der Waals surface area contributed by atoms with E-state index in [2.05, 4.69) is 4.98 Å². The first-order chi connectivity index (χ1) is 9.13. The van der Waals surface area contributed by atoms with Crippen LogP contribution in [-0.2, 0) is 22.6 Å². The summed E-state index contributed by atoms with van der Waals surface area (Å²) in [6.07, 6.45) is 0.219. The third-order valence-electron chi connectivity index (χ3n) is 2.63. The fourth-order valence-corrected chi connectivity index (χ4v) is 1.76. The van der Waals surface area contributed by atoms with Gasteiger partial charge in [0.2, 0.25) is 0 Å². The van der Waals surface area contributed by atoms with Crippen molar-refractivity contribution in [2.24, 2.45) is 0 Å². The Bertz CT molecular complexity index is 582. The average molecular weight is 256 g/mol. The van der Waals surface area contributed by atoms with Crippen molar-refractivity contribution in [3.8, 4) is 0 Å². The van der Waals surface area contributed by atoms with E-state index in [4.69, 9.17) is 10.5 Å². The number of ether oxygens (including phenoxy) is 1. The van der Waals surface area contributed by atoms with Gasteiger partial charge in [-0.1, -0.05) is 18.2 Å². The molecular formula is C15H16N2O2. The van der Waals surface area contributed by atoms with E-state index in [1.807, 2.05) is 37.3 Å². The first-order valence-electron chi connectivity index (χ1n) is 6.06. The minimum absolute atomic E-state index is 0.197. The summed E-state index contributed by atoms with van der Waals surface area (Å²) in [4.78, 5) is 16.0. The molecule has 0 unspecified atom stereocenters. The number of nitrogen functional groups attached to an aromatic ring is 1. The topological polar surface area (TPSA) is 65.2 Å². The summed E-state index contributed by atoms with van der Waals surface area (Å²) in [5.41, 5.74) is 8.80. The Kier molecular flexibility index (Phi) is 4.13. The number of aryl methyl sites for hydroxylation is 1. The number of nitrogens with two attached hydrogens (primary N) is 1. The van der Waals surface area contributed by atoms with Crippen LogP contribution in [0.25, 0.3) is 0 Å². The monoisotopic (exact) mass is 256 g/mol. The van der Waals surface area contributed by atoms with Crippen molar-refractivity contribution in [2.75, 3.05) is 5.73 Å². The van der Waals surface area contributed by atoms with Crippen LogP contribution >= 0.6 is 0 Å². The molecule has 1 aromatic heterocycles. The van der Waals surface area contributed by atoms with Gasteiger partial charge in [0.25, 0.3) is 0 Å². The van der Waals surface area contributed by atoms with E-state index < -0.39 is 0 Å². The van der Waals surface area contributed by atoms with E-state index in [9.17, 15) is 4.79 Å². The zero-order chi connectivity index (χ0) is 13.7. The molecule has 1 aromatic carbocycles. The predicted molar refractivity (Wildman–Crippen MR) is 73.3 cm³/mol. The van der Waals surface area contributed by atoms with Gasteiger partial charge >= 0.3 is 5.97 Å². The molecule has 19 heavy (non-hydrogen) atoms. The number of carbonyl (C=O) groups is 1. The molecule has 0 fully saturated rings. The highest BCUT2D eigenvalue weighted by atomic mass is 16.5. The minimum Gasteiger partial charge on any atom is -0.459 e. The van der Waals surface area contributed by atoms with Crippen molar-refractivity contribution in [2.45, 2.75) is 20.0 Å². The second-order valence-electron chi connectivity index (χ2n) is 4.35. The van der Waals surface area contributed by atoms with Crippen LogP contribution in [0.3, 0.4) is 0 Å². The molecule has 0 bridgehead atoms. The SMILES string of the molecule is Cc1cccc(COC(=O)Cc2cccc(N)c2)n1. The van der Waals surface area contributed by atoms with Gasteiger partial charge in [-0.05, 0) is 36.8 Å². The number of pyridine rings is 1. The van der Waals surface area contributed by atoms with Gasteiger partial charge in [-0.15, -0.1) is 0 Å². The molecule has 98 valence electrons. The van der Waals surface area contributed by atoms with Gasteiger partial charge in [0, 0.05) is 11.4 Å². The highest BCUT2D eigenvalue weighted by molar-refractivity contribution is 5.73. The quantitative estimate of drug-likeness (QED) is 0.673. The van der Waals surface area contributed by atoms with Crippen LogP contribution < -0.4 is 5.73 Å². The summed E-state index contributed by atoms with van der Waals surface area (Å²) in [6, 6.07) is 12.8. The van der Waals surface area contributed by atoms with Crippen LogP contribution in [0.4, 0.5) is 5.69 Å². The van der Waals surface area contributed by atoms with Crippen molar-refractivity contribution in [1.82, 2.24) is 4.98 Å². The number of hydrogen-bond acceptors (Lipinski definition) is 4. The Balaban J connectivity index is 1.88.